The molecule has 0 aliphatic carbocycles. The summed E-state index contributed by atoms with van der Waals surface area (Å²) in [7, 11) is 0. The number of nitrogens with zero attached hydrogens (tertiary/aromatic N) is 2. The lowest BCUT2D eigenvalue weighted by molar-refractivity contribution is 0.0697. The van der Waals surface area contributed by atoms with Gasteiger partial charge in [-0.05, 0) is 12.1 Å². The topological polar surface area (TPSA) is 75.1 Å². The lowest BCUT2D eigenvalue weighted by atomic mass is 10.2. The molecule has 2 heterocycles. The van der Waals surface area contributed by atoms with E-state index in [2.05, 4.69) is 15.3 Å². The molecule has 0 aliphatic rings. The van der Waals surface area contributed by atoms with Gasteiger partial charge in [-0.2, -0.15) is 0 Å². The van der Waals surface area contributed by atoms with E-state index in [9.17, 15) is 4.79 Å². The van der Waals surface area contributed by atoms with Crippen molar-refractivity contribution in [2.75, 3.05) is 11.9 Å². The number of carboxylic acids is 1. The van der Waals surface area contributed by atoms with E-state index in [0.29, 0.717) is 12.4 Å². The molecule has 0 unspecified atom stereocenters. The minimum absolute atomic E-state index is 0.233. The van der Waals surface area contributed by atoms with Crippen LogP contribution in [0.4, 0.5) is 5.82 Å². The first-order valence-corrected chi connectivity index (χ1v) is 6.00. The van der Waals surface area contributed by atoms with Crippen LogP contribution < -0.4 is 5.32 Å². The molecule has 0 aromatic carbocycles. The molecule has 0 saturated carbocycles. The maximum Gasteiger partial charge on any atom is 0.335 e. The van der Waals surface area contributed by atoms with E-state index in [4.69, 9.17) is 5.11 Å². The summed E-state index contributed by atoms with van der Waals surface area (Å²) in [5.74, 6) is -0.380. The third-order valence-electron chi connectivity index (χ3n) is 2.18. The zero-order valence-corrected chi connectivity index (χ0v) is 9.78. The molecule has 17 heavy (non-hydrogen) atoms. The zero-order chi connectivity index (χ0) is 12.1. The fourth-order valence-electron chi connectivity index (χ4n) is 1.34. The summed E-state index contributed by atoms with van der Waals surface area (Å²) in [6, 6.07) is 2.98. The highest BCUT2D eigenvalue weighted by molar-refractivity contribution is 7.07. The van der Waals surface area contributed by atoms with Gasteiger partial charge < -0.3 is 10.4 Å². The Hall–Kier alpha value is -1.95. The number of hydrogen-bond acceptors (Lipinski definition) is 5. The average molecular weight is 249 g/mol. The van der Waals surface area contributed by atoms with Crippen LogP contribution in [0, 0.1) is 0 Å². The largest absolute Gasteiger partial charge is 0.478 e. The van der Waals surface area contributed by atoms with Crippen molar-refractivity contribution >= 4 is 23.1 Å². The highest BCUT2D eigenvalue weighted by atomic mass is 32.1. The molecule has 2 N–H and O–H groups in total. The van der Waals surface area contributed by atoms with Gasteiger partial charge in [0.1, 0.15) is 5.82 Å². The Morgan fingerprint density at radius 1 is 1.47 bits per heavy atom. The Morgan fingerprint density at radius 2 is 2.35 bits per heavy atom. The number of aromatic carboxylic acids is 1. The van der Waals surface area contributed by atoms with E-state index < -0.39 is 5.97 Å². The highest BCUT2D eigenvalue weighted by Gasteiger charge is 2.03. The van der Waals surface area contributed by atoms with Crippen LogP contribution in [0.5, 0.6) is 0 Å². The Bertz CT molecular complexity index is 499. The summed E-state index contributed by atoms with van der Waals surface area (Å²) < 4.78 is 0. The number of aromatic nitrogens is 2. The molecule has 0 amide bonds. The van der Waals surface area contributed by atoms with Gasteiger partial charge in [0, 0.05) is 24.5 Å². The Labute approximate surface area is 102 Å². The molecule has 5 nitrogen and oxygen atoms in total. The molecule has 88 valence electrons. The summed E-state index contributed by atoms with van der Waals surface area (Å²) >= 11 is 1.56. The second-order valence-corrected chi connectivity index (χ2v) is 4.11. The Kier molecular flexibility index (Phi) is 3.66. The fourth-order valence-corrected chi connectivity index (χ4v) is 1.93. The first-order valence-electron chi connectivity index (χ1n) is 5.06. The third-order valence-corrected chi connectivity index (χ3v) is 2.81. The van der Waals surface area contributed by atoms with Gasteiger partial charge >= 0.3 is 5.97 Å². The standard InChI is InChI=1S/C11H11N3O2S/c15-11(16)8-1-3-12-10(5-8)13-4-2-9-6-17-7-14-9/h1,3,5-7H,2,4H2,(H,12,13)(H,15,16). The van der Waals surface area contributed by atoms with Gasteiger partial charge in [-0.3, -0.25) is 0 Å². The summed E-state index contributed by atoms with van der Waals surface area (Å²) in [5, 5.41) is 13.9. The Morgan fingerprint density at radius 3 is 3.06 bits per heavy atom. The molecule has 0 saturated heterocycles. The van der Waals surface area contributed by atoms with Crippen LogP contribution in [0.2, 0.25) is 0 Å². The molecular weight excluding hydrogens is 238 g/mol. The smallest absolute Gasteiger partial charge is 0.335 e. The van der Waals surface area contributed by atoms with Crippen molar-refractivity contribution in [1.29, 1.82) is 0 Å². The van der Waals surface area contributed by atoms with E-state index in [-0.39, 0.29) is 5.56 Å². The van der Waals surface area contributed by atoms with Crippen molar-refractivity contribution < 1.29 is 9.90 Å². The normalized spacial score (nSPS) is 10.1. The summed E-state index contributed by atoms with van der Waals surface area (Å²) in [6.07, 6.45) is 2.27. The van der Waals surface area contributed by atoms with Gasteiger partial charge in [0.2, 0.25) is 0 Å². The minimum atomic E-state index is -0.949. The molecule has 0 fully saturated rings. The minimum Gasteiger partial charge on any atom is -0.478 e. The van der Waals surface area contributed by atoms with Crippen molar-refractivity contribution in [3.63, 3.8) is 0 Å². The molecule has 0 aliphatic heterocycles. The van der Waals surface area contributed by atoms with E-state index in [1.165, 1.54) is 18.3 Å². The Balaban J connectivity index is 1.90. The van der Waals surface area contributed by atoms with Gasteiger partial charge in [-0.25, -0.2) is 14.8 Å². The van der Waals surface area contributed by atoms with Crippen LogP contribution in [0.25, 0.3) is 0 Å². The average Bonchev–Trinajstić information content (AvgIpc) is 2.82. The summed E-state index contributed by atoms with van der Waals surface area (Å²) in [5.41, 5.74) is 3.05. The van der Waals surface area contributed by atoms with Crippen molar-refractivity contribution in [3.8, 4) is 0 Å². The van der Waals surface area contributed by atoms with Crippen molar-refractivity contribution in [1.82, 2.24) is 9.97 Å². The number of rotatable bonds is 5. The monoisotopic (exact) mass is 249 g/mol. The third kappa shape index (κ3) is 3.25. The zero-order valence-electron chi connectivity index (χ0n) is 8.96. The van der Waals surface area contributed by atoms with Gasteiger partial charge in [-0.15, -0.1) is 11.3 Å². The second-order valence-electron chi connectivity index (χ2n) is 3.39. The fraction of sp³-hybridized carbons (Fsp3) is 0.182. The first-order chi connectivity index (χ1) is 8.25. The van der Waals surface area contributed by atoms with Crippen LogP contribution in [-0.4, -0.2) is 27.6 Å². The molecule has 2 aromatic rings. The van der Waals surface area contributed by atoms with Gasteiger partial charge in [-0.1, -0.05) is 0 Å². The van der Waals surface area contributed by atoms with Crippen molar-refractivity contribution in [2.24, 2.45) is 0 Å². The van der Waals surface area contributed by atoms with E-state index in [1.807, 2.05) is 5.38 Å². The lowest BCUT2D eigenvalue weighted by Crippen LogP contribution is -2.07. The maximum atomic E-state index is 10.7. The van der Waals surface area contributed by atoms with E-state index >= 15 is 0 Å². The van der Waals surface area contributed by atoms with Gasteiger partial charge in [0.05, 0.1) is 16.8 Å². The SMILES string of the molecule is O=C(O)c1ccnc(NCCc2cscn2)c1. The van der Waals surface area contributed by atoms with E-state index in [0.717, 1.165) is 12.1 Å². The molecule has 2 aromatic heterocycles. The van der Waals surface area contributed by atoms with Crippen LogP contribution in [0.1, 0.15) is 16.1 Å². The van der Waals surface area contributed by atoms with Gasteiger partial charge in [0.15, 0.2) is 0 Å². The highest BCUT2D eigenvalue weighted by Crippen LogP contribution is 2.07. The van der Waals surface area contributed by atoms with Crippen LogP contribution in [-0.2, 0) is 6.42 Å². The second kappa shape index (κ2) is 5.40. The first kappa shape index (κ1) is 11.5. The summed E-state index contributed by atoms with van der Waals surface area (Å²) in [6.45, 7) is 0.680. The molecule has 2 rings (SSSR count). The lowest BCUT2D eigenvalue weighted by Gasteiger charge is -2.04. The molecule has 0 spiro atoms. The molecule has 6 heteroatoms. The number of hydrogen-bond donors (Lipinski definition) is 2. The maximum absolute atomic E-state index is 10.7. The van der Waals surface area contributed by atoms with Gasteiger partial charge in [0.25, 0.3) is 0 Å². The van der Waals surface area contributed by atoms with Crippen LogP contribution >= 0.6 is 11.3 Å². The molecule has 0 bridgehead atoms. The van der Waals surface area contributed by atoms with Crippen LogP contribution in [0.15, 0.2) is 29.2 Å². The molecular formula is C11H11N3O2S. The number of carboxylic acid groups (broad SMARTS) is 1. The number of thiazole rings is 1. The number of carbonyl (C=O) groups is 1. The quantitative estimate of drug-likeness (QED) is 0.846. The number of pyridine rings is 1. The molecule has 0 atom stereocenters. The van der Waals surface area contributed by atoms with Crippen molar-refractivity contribution in [2.45, 2.75) is 6.42 Å². The summed E-state index contributed by atoms with van der Waals surface area (Å²) in [4.78, 5) is 19.0. The van der Waals surface area contributed by atoms with E-state index in [1.54, 1.807) is 16.8 Å². The predicted molar refractivity (Wildman–Crippen MR) is 65.5 cm³/mol. The molecule has 0 radical (unpaired) electrons. The number of nitrogens with one attached hydrogen (secondary N) is 1. The van der Waals surface area contributed by atoms with Crippen LogP contribution in [0.3, 0.4) is 0 Å². The predicted octanol–water partition coefficient (Wildman–Crippen LogP) is 1.89. The van der Waals surface area contributed by atoms with Crippen molar-refractivity contribution in [3.05, 3.63) is 40.5 Å². The number of anilines is 1.